The van der Waals surface area contributed by atoms with Crippen LogP contribution in [0.25, 0.3) is 0 Å². The summed E-state index contributed by atoms with van der Waals surface area (Å²) >= 11 is 5.84. The second kappa shape index (κ2) is 5.86. The van der Waals surface area contributed by atoms with Gasteiger partial charge in [-0.05, 0) is 12.8 Å². The zero-order valence-electron chi connectivity index (χ0n) is 8.24. The summed E-state index contributed by atoms with van der Waals surface area (Å²) < 4.78 is 0. The van der Waals surface area contributed by atoms with Gasteiger partial charge >= 0.3 is 11.9 Å². The quantitative estimate of drug-likeness (QED) is 0.673. The average molecular weight is 223 g/mol. The second-order valence-corrected chi connectivity index (χ2v) is 3.65. The molecule has 14 heavy (non-hydrogen) atoms. The van der Waals surface area contributed by atoms with Gasteiger partial charge in [0, 0.05) is 0 Å². The summed E-state index contributed by atoms with van der Waals surface area (Å²) in [4.78, 5) is 21.5. The van der Waals surface area contributed by atoms with E-state index in [0.717, 1.165) is 0 Å². The van der Waals surface area contributed by atoms with Gasteiger partial charge in [0.1, 0.15) is 0 Å². The van der Waals surface area contributed by atoms with Crippen LogP contribution >= 0.6 is 11.6 Å². The van der Waals surface area contributed by atoms with Crippen molar-refractivity contribution in [1.29, 1.82) is 0 Å². The minimum atomic E-state index is -1.03. The van der Waals surface area contributed by atoms with Crippen LogP contribution in [0.5, 0.6) is 0 Å². The molecule has 0 fully saturated rings. The fraction of sp³-hybridized carbons (Fsp3) is 0.778. The van der Waals surface area contributed by atoms with E-state index in [9.17, 15) is 9.59 Å². The van der Waals surface area contributed by atoms with Crippen LogP contribution in [0.2, 0.25) is 0 Å². The number of carbonyl (C=O) groups is 2. The predicted octanol–water partition coefficient (Wildman–Crippen LogP) is 1.82. The number of hydrogen-bond acceptors (Lipinski definition) is 2. The molecule has 0 heterocycles. The van der Waals surface area contributed by atoms with Crippen molar-refractivity contribution in [2.24, 2.45) is 11.8 Å². The highest BCUT2D eigenvalue weighted by Gasteiger charge is 2.34. The molecule has 0 aromatic rings. The van der Waals surface area contributed by atoms with Gasteiger partial charge in [-0.25, -0.2) is 0 Å². The van der Waals surface area contributed by atoms with Crippen LogP contribution in [0, 0.1) is 11.8 Å². The maximum Gasteiger partial charge on any atom is 0.308 e. The molecule has 0 aromatic heterocycles. The van der Waals surface area contributed by atoms with Gasteiger partial charge in [0.15, 0.2) is 0 Å². The van der Waals surface area contributed by atoms with Gasteiger partial charge in [-0.2, -0.15) is 0 Å². The fourth-order valence-corrected chi connectivity index (χ4v) is 1.92. The van der Waals surface area contributed by atoms with E-state index in [1.807, 2.05) is 0 Å². The first-order valence-electron chi connectivity index (χ1n) is 4.55. The number of hydrogen-bond donors (Lipinski definition) is 2. The molecule has 0 spiro atoms. The third-order valence-electron chi connectivity index (χ3n) is 2.28. The van der Waals surface area contributed by atoms with Crippen LogP contribution in [0.3, 0.4) is 0 Å². The lowest BCUT2D eigenvalue weighted by Gasteiger charge is -2.21. The molecule has 4 nitrogen and oxygen atoms in total. The van der Waals surface area contributed by atoms with Crippen LogP contribution in [-0.4, -0.2) is 27.5 Å². The first kappa shape index (κ1) is 13.2. The molecule has 82 valence electrons. The molecule has 0 rings (SSSR count). The van der Waals surface area contributed by atoms with Crippen molar-refractivity contribution in [3.8, 4) is 0 Å². The Balaban J connectivity index is 4.61. The van der Waals surface area contributed by atoms with Crippen LogP contribution < -0.4 is 0 Å². The predicted molar refractivity (Wildman–Crippen MR) is 52.5 cm³/mol. The summed E-state index contributed by atoms with van der Waals surface area (Å²) in [5.41, 5.74) is 0. The van der Waals surface area contributed by atoms with E-state index in [2.05, 4.69) is 0 Å². The van der Waals surface area contributed by atoms with E-state index in [4.69, 9.17) is 21.8 Å². The monoisotopic (exact) mass is 222 g/mol. The van der Waals surface area contributed by atoms with Gasteiger partial charge in [0.2, 0.25) is 0 Å². The summed E-state index contributed by atoms with van der Waals surface area (Å²) in [6, 6.07) is 0. The number of alkyl halides is 1. The highest BCUT2D eigenvalue weighted by atomic mass is 35.5. The van der Waals surface area contributed by atoms with E-state index in [1.165, 1.54) is 0 Å². The Hall–Kier alpha value is -0.770. The van der Waals surface area contributed by atoms with E-state index in [-0.39, 0.29) is 0 Å². The third-order valence-corrected chi connectivity index (χ3v) is 2.89. The zero-order chi connectivity index (χ0) is 11.3. The second-order valence-electron chi connectivity index (χ2n) is 3.15. The third kappa shape index (κ3) is 3.18. The van der Waals surface area contributed by atoms with Gasteiger partial charge in [0.05, 0.1) is 17.2 Å². The van der Waals surface area contributed by atoms with Gasteiger partial charge in [-0.3, -0.25) is 9.59 Å². The van der Waals surface area contributed by atoms with E-state index < -0.39 is 29.2 Å². The molecule has 0 bridgehead atoms. The molecule has 0 aliphatic carbocycles. The largest absolute Gasteiger partial charge is 0.481 e. The molecule has 0 aliphatic rings. The lowest BCUT2D eigenvalue weighted by atomic mass is 9.90. The SMILES string of the molecule is CCC(C(=O)O)C(Cl)C(CC)C(=O)O. The molecule has 2 atom stereocenters. The molecule has 5 heteroatoms. The Morgan fingerprint density at radius 2 is 1.36 bits per heavy atom. The molecule has 2 unspecified atom stereocenters. The molecule has 0 aromatic carbocycles. The maximum absolute atomic E-state index is 10.7. The van der Waals surface area contributed by atoms with Crippen molar-refractivity contribution < 1.29 is 19.8 Å². The summed E-state index contributed by atoms with van der Waals surface area (Å²) in [5, 5.41) is 16.7. The van der Waals surface area contributed by atoms with Crippen molar-refractivity contribution in [2.75, 3.05) is 0 Å². The topological polar surface area (TPSA) is 74.6 Å². The Morgan fingerprint density at radius 3 is 1.50 bits per heavy atom. The van der Waals surface area contributed by atoms with Gasteiger partial charge in [-0.1, -0.05) is 13.8 Å². The number of carboxylic acids is 2. The van der Waals surface area contributed by atoms with Gasteiger partial charge in [-0.15, -0.1) is 11.6 Å². The van der Waals surface area contributed by atoms with Crippen molar-refractivity contribution >= 4 is 23.5 Å². The van der Waals surface area contributed by atoms with Crippen molar-refractivity contribution in [1.82, 2.24) is 0 Å². The lowest BCUT2D eigenvalue weighted by molar-refractivity contribution is -0.145. The number of aliphatic carboxylic acids is 2. The molecule has 0 saturated carbocycles. The van der Waals surface area contributed by atoms with E-state index in [1.54, 1.807) is 13.8 Å². The van der Waals surface area contributed by atoms with Crippen molar-refractivity contribution in [3.05, 3.63) is 0 Å². The molecular weight excluding hydrogens is 208 g/mol. The van der Waals surface area contributed by atoms with Gasteiger partial charge < -0.3 is 10.2 Å². The van der Waals surface area contributed by atoms with Crippen LogP contribution in [0.4, 0.5) is 0 Å². The molecule has 0 amide bonds. The molecule has 0 radical (unpaired) electrons. The van der Waals surface area contributed by atoms with Crippen molar-refractivity contribution in [2.45, 2.75) is 32.1 Å². The number of carboxylic acid groups (broad SMARTS) is 2. The minimum Gasteiger partial charge on any atom is -0.481 e. The van der Waals surface area contributed by atoms with Crippen LogP contribution in [0.15, 0.2) is 0 Å². The summed E-state index contributed by atoms with van der Waals surface area (Å²) in [7, 11) is 0. The summed E-state index contributed by atoms with van der Waals surface area (Å²) in [6.45, 7) is 3.37. The van der Waals surface area contributed by atoms with E-state index >= 15 is 0 Å². The summed E-state index contributed by atoms with van der Waals surface area (Å²) in [6.07, 6.45) is 0.681. The highest BCUT2D eigenvalue weighted by Crippen LogP contribution is 2.25. The zero-order valence-corrected chi connectivity index (χ0v) is 8.99. The fourth-order valence-electron chi connectivity index (χ4n) is 1.35. The Labute approximate surface area is 87.9 Å². The smallest absolute Gasteiger partial charge is 0.308 e. The first-order valence-corrected chi connectivity index (χ1v) is 4.98. The van der Waals surface area contributed by atoms with Crippen LogP contribution in [0.1, 0.15) is 26.7 Å². The van der Waals surface area contributed by atoms with E-state index in [0.29, 0.717) is 12.8 Å². The molecular formula is C9H15ClO4. The van der Waals surface area contributed by atoms with Crippen molar-refractivity contribution in [3.63, 3.8) is 0 Å². The Morgan fingerprint density at radius 1 is 1.07 bits per heavy atom. The lowest BCUT2D eigenvalue weighted by Crippen LogP contribution is -2.34. The standard InChI is InChI=1S/C9H15ClO4/c1-3-5(8(11)12)7(10)6(4-2)9(13)14/h5-7H,3-4H2,1-2H3,(H,11,12)(H,13,14). The Kier molecular flexibility index (Phi) is 5.53. The van der Waals surface area contributed by atoms with Gasteiger partial charge in [0.25, 0.3) is 0 Å². The summed E-state index contributed by atoms with van der Waals surface area (Å²) in [5.74, 6) is -3.66. The normalized spacial score (nSPS) is 17.1. The number of rotatable bonds is 6. The highest BCUT2D eigenvalue weighted by molar-refractivity contribution is 6.23. The maximum atomic E-state index is 10.7. The number of halogens is 1. The van der Waals surface area contributed by atoms with Crippen LogP contribution in [-0.2, 0) is 9.59 Å². The minimum absolute atomic E-state index is 0.341. The molecule has 0 saturated heterocycles. The first-order chi connectivity index (χ1) is 6.45. The molecule has 0 aliphatic heterocycles. The average Bonchev–Trinajstić information content (AvgIpc) is 2.04. The Bertz CT molecular complexity index is 195. The molecule has 2 N–H and O–H groups in total.